The van der Waals surface area contributed by atoms with Crippen molar-refractivity contribution in [3.05, 3.63) is 29.3 Å². The molecule has 0 aromatic heterocycles. The third kappa shape index (κ3) is 6.62. The number of hydrazine groups is 1. The Balaban J connectivity index is 2.29. The molecule has 8 heteroatoms. The number of hydrogen-bond acceptors (Lipinski definition) is 4. The minimum Gasteiger partial charge on any atom is -0.484 e. The van der Waals surface area contributed by atoms with Gasteiger partial charge >= 0.3 is 11.8 Å². The molecule has 0 aliphatic rings. The molecule has 7 nitrogen and oxygen atoms in total. The van der Waals surface area contributed by atoms with Gasteiger partial charge in [0.1, 0.15) is 5.75 Å². The van der Waals surface area contributed by atoms with Crippen molar-refractivity contribution in [3.8, 4) is 5.75 Å². The summed E-state index contributed by atoms with van der Waals surface area (Å²) in [5, 5.41) is 2.93. The van der Waals surface area contributed by atoms with E-state index in [9.17, 15) is 14.4 Å². The maximum atomic E-state index is 11.4. The standard InChI is InChI=1S/C13H16ClN3O4/c1-8(2)15-12(19)13(20)17-16-11(18)7-21-10-5-3-9(14)4-6-10/h3-6,8H,7H2,1-2H3,(H,15,19)(H,16,18)(H,17,20). The van der Waals surface area contributed by atoms with Gasteiger partial charge in [0, 0.05) is 11.1 Å². The van der Waals surface area contributed by atoms with E-state index in [2.05, 4.69) is 10.7 Å². The highest BCUT2D eigenvalue weighted by Crippen LogP contribution is 2.15. The Kier molecular flexibility index (Phi) is 6.48. The normalized spacial score (nSPS) is 9.90. The highest BCUT2D eigenvalue weighted by molar-refractivity contribution is 6.35. The van der Waals surface area contributed by atoms with E-state index in [1.54, 1.807) is 38.1 Å². The van der Waals surface area contributed by atoms with Gasteiger partial charge in [0.05, 0.1) is 0 Å². The Bertz CT molecular complexity index is 517. The fraction of sp³-hybridized carbons (Fsp3) is 0.308. The van der Waals surface area contributed by atoms with Gasteiger partial charge in [-0.05, 0) is 38.1 Å². The van der Waals surface area contributed by atoms with Gasteiger partial charge in [-0.1, -0.05) is 11.6 Å². The first-order valence-corrected chi connectivity index (χ1v) is 6.54. The van der Waals surface area contributed by atoms with Crippen molar-refractivity contribution >= 4 is 29.3 Å². The molecule has 1 aromatic carbocycles. The molecule has 0 saturated heterocycles. The number of amides is 3. The minimum atomic E-state index is -0.955. The summed E-state index contributed by atoms with van der Waals surface area (Å²) < 4.78 is 5.16. The first kappa shape index (κ1) is 16.8. The Labute approximate surface area is 127 Å². The number of carbonyl (C=O) groups excluding carboxylic acids is 3. The summed E-state index contributed by atoms with van der Waals surface area (Å²) in [4.78, 5) is 34.0. The summed E-state index contributed by atoms with van der Waals surface area (Å²) in [6, 6.07) is 6.26. The molecule has 0 atom stereocenters. The number of benzene rings is 1. The van der Waals surface area contributed by atoms with Gasteiger partial charge < -0.3 is 10.1 Å². The van der Waals surface area contributed by atoms with Crippen LogP contribution in [0.5, 0.6) is 5.75 Å². The molecule has 1 rings (SSSR count). The molecule has 0 heterocycles. The van der Waals surface area contributed by atoms with E-state index in [1.165, 1.54) is 0 Å². The maximum absolute atomic E-state index is 11.4. The molecule has 0 unspecified atom stereocenters. The summed E-state index contributed by atoms with van der Waals surface area (Å²) in [6.45, 7) is 3.11. The van der Waals surface area contributed by atoms with E-state index < -0.39 is 17.7 Å². The molecule has 21 heavy (non-hydrogen) atoms. The maximum Gasteiger partial charge on any atom is 0.327 e. The van der Waals surface area contributed by atoms with Gasteiger partial charge in [0.2, 0.25) is 0 Å². The predicted octanol–water partition coefficient (Wildman–Crippen LogP) is 0.391. The van der Waals surface area contributed by atoms with Crippen LogP contribution < -0.4 is 20.9 Å². The van der Waals surface area contributed by atoms with Crippen LogP contribution >= 0.6 is 11.6 Å². The molecule has 0 spiro atoms. The molecule has 3 amide bonds. The highest BCUT2D eigenvalue weighted by Gasteiger charge is 2.14. The van der Waals surface area contributed by atoms with Crippen LogP contribution in [-0.2, 0) is 14.4 Å². The monoisotopic (exact) mass is 313 g/mol. The second-order valence-electron chi connectivity index (χ2n) is 4.37. The van der Waals surface area contributed by atoms with E-state index in [-0.39, 0.29) is 12.6 Å². The van der Waals surface area contributed by atoms with Gasteiger partial charge in [-0.2, -0.15) is 0 Å². The first-order valence-electron chi connectivity index (χ1n) is 6.16. The number of hydrogen-bond donors (Lipinski definition) is 3. The zero-order valence-electron chi connectivity index (χ0n) is 11.6. The van der Waals surface area contributed by atoms with Gasteiger partial charge in [-0.15, -0.1) is 0 Å². The van der Waals surface area contributed by atoms with Crippen LogP contribution in [0.15, 0.2) is 24.3 Å². The Hall–Kier alpha value is -2.28. The van der Waals surface area contributed by atoms with Gasteiger partial charge in [-0.25, -0.2) is 0 Å². The summed E-state index contributed by atoms with van der Waals surface area (Å²) in [7, 11) is 0. The minimum absolute atomic E-state index is 0.174. The second-order valence-corrected chi connectivity index (χ2v) is 4.81. The third-order valence-electron chi connectivity index (χ3n) is 2.13. The molecule has 0 aliphatic heterocycles. The molecular weight excluding hydrogens is 298 g/mol. The zero-order chi connectivity index (χ0) is 15.8. The van der Waals surface area contributed by atoms with Gasteiger partial charge in [0.15, 0.2) is 6.61 Å². The van der Waals surface area contributed by atoms with Crippen molar-refractivity contribution in [3.63, 3.8) is 0 Å². The second kappa shape index (κ2) is 8.11. The number of halogens is 1. The lowest BCUT2D eigenvalue weighted by Gasteiger charge is -2.10. The molecule has 0 fully saturated rings. The van der Waals surface area contributed by atoms with Crippen molar-refractivity contribution in [1.29, 1.82) is 0 Å². The van der Waals surface area contributed by atoms with Crippen LogP contribution in [0.4, 0.5) is 0 Å². The lowest BCUT2D eigenvalue weighted by molar-refractivity contribution is -0.141. The summed E-state index contributed by atoms with van der Waals surface area (Å²) in [6.07, 6.45) is 0. The van der Waals surface area contributed by atoms with E-state index in [0.717, 1.165) is 0 Å². The SMILES string of the molecule is CC(C)NC(=O)C(=O)NNC(=O)COc1ccc(Cl)cc1. The lowest BCUT2D eigenvalue weighted by atomic mass is 10.3. The fourth-order valence-electron chi connectivity index (χ4n) is 1.23. The van der Waals surface area contributed by atoms with Crippen LogP contribution in [0.25, 0.3) is 0 Å². The number of nitrogens with one attached hydrogen (secondary N) is 3. The van der Waals surface area contributed by atoms with Crippen molar-refractivity contribution < 1.29 is 19.1 Å². The summed E-state index contributed by atoms with van der Waals surface area (Å²) in [5.41, 5.74) is 4.05. The predicted molar refractivity (Wildman–Crippen MR) is 76.5 cm³/mol. The van der Waals surface area contributed by atoms with Crippen molar-refractivity contribution in [2.75, 3.05) is 6.61 Å². The Morgan fingerprint density at radius 1 is 1.10 bits per heavy atom. The van der Waals surface area contributed by atoms with Crippen LogP contribution in [0, 0.1) is 0 Å². The highest BCUT2D eigenvalue weighted by atomic mass is 35.5. The average Bonchev–Trinajstić information content (AvgIpc) is 2.43. The Morgan fingerprint density at radius 2 is 1.71 bits per heavy atom. The van der Waals surface area contributed by atoms with E-state index in [0.29, 0.717) is 10.8 Å². The third-order valence-corrected chi connectivity index (χ3v) is 2.38. The van der Waals surface area contributed by atoms with E-state index >= 15 is 0 Å². The fourth-order valence-corrected chi connectivity index (χ4v) is 1.35. The first-order chi connectivity index (χ1) is 9.88. The van der Waals surface area contributed by atoms with Gasteiger partial charge in [-0.3, -0.25) is 25.2 Å². The number of ether oxygens (including phenoxy) is 1. The van der Waals surface area contributed by atoms with Crippen LogP contribution in [0.3, 0.4) is 0 Å². The molecule has 1 aromatic rings. The zero-order valence-corrected chi connectivity index (χ0v) is 12.4. The van der Waals surface area contributed by atoms with Crippen LogP contribution in [0.2, 0.25) is 5.02 Å². The number of rotatable bonds is 4. The molecule has 0 bridgehead atoms. The van der Waals surface area contributed by atoms with E-state index in [1.807, 2.05) is 5.43 Å². The molecule has 114 valence electrons. The van der Waals surface area contributed by atoms with Gasteiger partial charge in [0.25, 0.3) is 5.91 Å². The summed E-state index contributed by atoms with van der Waals surface area (Å²) >= 11 is 5.70. The summed E-state index contributed by atoms with van der Waals surface area (Å²) in [5.74, 6) is -1.93. The molecule has 0 aliphatic carbocycles. The average molecular weight is 314 g/mol. The smallest absolute Gasteiger partial charge is 0.327 e. The topological polar surface area (TPSA) is 96.5 Å². The van der Waals surface area contributed by atoms with E-state index in [4.69, 9.17) is 16.3 Å². The molecule has 3 N–H and O–H groups in total. The number of carbonyl (C=O) groups is 3. The van der Waals surface area contributed by atoms with Crippen LogP contribution in [0.1, 0.15) is 13.8 Å². The lowest BCUT2D eigenvalue weighted by Crippen LogP contribution is -2.50. The molecule has 0 saturated carbocycles. The molecule has 0 radical (unpaired) electrons. The Morgan fingerprint density at radius 3 is 2.29 bits per heavy atom. The van der Waals surface area contributed by atoms with Crippen LogP contribution in [-0.4, -0.2) is 30.4 Å². The quantitative estimate of drug-likeness (QED) is 0.553. The van der Waals surface area contributed by atoms with Crippen molar-refractivity contribution in [1.82, 2.24) is 16.2 Å². The van der Waals surface area contributed by atoms with Crippen molar-refractivity contribution in [2.24, 2.45) is 0 Å². The van der Waals surface area contributed by atoms with Crippen molar-refractivity contribution in [2.45, 2.75) is 19.9 Å². The molecular formula is C13H16ClN3O4. The largest absolute Gasteiger partial charge is 0.484 e.